The van der Waals surface area contributed by atoms with Crippen LogP contribution in [0.5, 0.6) is 0 Å². The van der Waals surface area contributed by atoms with Crippen LogP contribution in [0.2, 0.25) is 0 Å². The summed E-state index contributed by atoms with van der Waals surface area (Å²) in [7, 11) is 1.76. The number of halogens is 2. The minimum atomic E-state index is -0.606. The molecular weight excluding hydrogens is 392 g/mol. The van der Waals surface area contributed by atoms with Gasteiger partial charge in [-0.1, -0.05) is 12.1 Å². The first-order valence-corrected chi connectivity index (χ1v) is 10.3. The first-order chi connectivity index (χ1) is 13.9. The summed E-state index contributed by atoms with van der Waals surface area (Å²) < 4.78 is 26.9. The summed E-state index contributed by atoms with van der Waals surface area (Å²) in [6.45, 7) is 3.01. The molecule has 2 aromatic carbocycles. The van der Waals surface area contributed by atoms with Gasteiger partial charge in [0.15, 0.2) is 0 Å². The minimum absolute atomic E-state index is 0.0361. The molecule has 0 saturated heterocycles. The average molecular weight is 413 g/mol. The normalized spacial score (nSPS) is 13.2. The van der Waals surface area contributed by atoms with Crippen LogP contribution < -0.4 is 4.90 Å². The van der Waals surface area contributed by atoms with Crippen molar-refractivity contribution in [2.45, 2.75) is 19.9 Å². The van der Waals surface area contributed by atoms with E-state index in [9.17, 15) is 13.6 Å². The summed E-state index contributed by atoms with van der Waals surface area (Å²) in [6, 6.07) is 9.59. The fourth-order valence-electron chi connectivity index (χ4n) is 3.63. The summed E-state index contributed by atoms with van der Waals surface area (Å²) >= 11 is 1.62. The van der Waals surface area contributed by atoms with Gasteiger partial charge in [-0.3, -0.25) is 9.69 Å². The molecular formula is C22H21F2N3OS. The third-order valence-electron chi connectivity index (χ3n) is 5.05. The molecule has 1 aromatic heterocycles. The highest BCUT2D eigenvalue weighted by Gasteiger charge is 2.26. The number of anilines is 1. The summed E-state index contributed by atoms with van der Waals surface area (Å²) in [5, 5.41) is 3.07. The zero-order valence-corrected chi connectivity index (χ0v) is 17.1. The van der Waals surface area contributed by atoms with Gasteiger partial charge < -0.3 is 4.90 Å². The predicted octanol–water partition coefficient (Wildman–Crippen LogP) is 4.42. The highest BCUT2D eigenvalue weighted by Crippen LogP contribution is 2.32. The number of carbonyl (C=O) groups is 1. The molecule has 3 aromatic rings. The lowest BCUT2D eigenvalue weighted by Crippen LogP contribution is -2.38. The van der Waals surface area contributed by atoms with Gasteiger partial charge in [-0.15, -0.1) is 11.3 Å². The monoisotopic (exact) mass is 413 g/mol. The number of hydrogen-bond acceptors (Lipinski definition) is 4. The molecule has 0 N–H and O–H groups in total. The number of aryl methyl sites for hydroxylation is 1. The van der Waals surface area contributed by atoms with E-state index >= 15 is 0 Å². The highest BCUT2D eigenvalue weighted by molar-refractivity contribution is 7.09. The Labute approximate surface area is 172 Å². The van der Waals surface area contributed by atoms with Crippen molar-refractivity contribution in [3.05, 3.63) is 69.5 Å². The Kier molecular flexibility index (Phi) is 5.43. The topological polar surface area (TPSA) is 36.4 Å². The van der Waals surface area contributed by atoms with E-state index in [0.717, 1.165) is 40.0 Å². The van der Waals surface area contributed by atoms with Crippen LogP contribution in [-0.2, 0) is 17.8 Å². The molecule has 4 rings (SSSR count). The Bertz CT molecular complexity index is 1070. The third-order valence-corrected chi connectivity index (χ3v) is 5.82. The molecule has 0 bridgehead atoms. The molecule has 0 unspecified atom stereocenters. The lowest BCUT2D eigenvalue weighted by atomic mass is 10.1. The lowest BCUT2D eigenvalue weighted by molar-refractivity contribution is -0.119. The maximum atomic E-state index is 13.9. The van der Waals surface area contributed by atoms with E-state index in [0.29, 0.717) is 12.1 Å². The van der Waals surface area contributed by atoms with Crippen molar-refractivity contribution >= 4 is 22.9 Å². The Morgan fingerprint density at radius 3 is 2.79 bits per heavy atom. The zero-order chi connectivity index (χ0) is 20.5. The smallest absolute Gasteiger partial charge is 0.241 e. The summed E-state index contributed by atoms with van der Waals surface area (Å²) in [4.78, 5) is 20.9. The van der Waals surface area contributed by atoms with Crippen LogP contribution in [0.1, 0.15) is 16.1 Å². The van der Waals surface area contributed by atoms with Gasteiger partial charge in [-0.05, 0) is 44.2 Å². The van der Waals surface area contributed by atoms with E-state index in [1.807, 2.05) is 24.4 Å². The van der Waals surface area contributed by atoms with Crippen molar-refractivity contribution in [1.82, 2.24) is 9.88 Å². The molecule has 0 radical (unpaired) electrons. The van der Waals surface area contributed by atoms with Crippen LogP contribution in [0.25, 0.3) is 11.3 Å². The molecule has 0 fully saturated rings. The van der Waals surface area contributed by atoms with Crippen molar-refractivity contribution in [3.63, 3.8) is 0 Å². The van der Waals surface area contributed by atoms with Crippen LogP contribution in [-0.4, -0.2) is 35.9 Å². The van der Waals surface area contributed by atoms with E-state index in [4.69, 9.17) is 0 Å². The zero-order valence-electron chi connectivity index (χ0n) is 16.3. The first kappa shape index (κ1) is 19.7. The number of thiazole rings is 1. The van der Waals surface area contributed by atoms with Gasteiger partial charge in [-0.2, -0.15) is 0 Å². The van der Waals surface area contributed by atoms with Gasteiger partial charge in [0, 0.05) is 41.4 Å². The van der Waals surface area contributed by atoms with Gasteiger partial charge in [0.2, 0.25) is 5.91 Å². The number of benzene rings is 2. The second kappa shape index (κ2) is 8.00. The number of aromatic nitrogens is 1. The number of rotatable bonds is 5. The number of hydrogen-bond donors (Lipinski definition) is 0. The minimum Gasteiger partial charge on any atom is -0.311 e. The van der Waals surface area contributed by atoms with Crippen LogP contribution in [0.4, 0.5) is 14.5 Å². The van der Waals surface area contributed by atoms with E-state index in [1.54, 1.807) is 28.2 Å². The Balaban J connectivity index is 1.44. The summed E-state index contributed by atoms with van der Waals surface area (Å²) in [5.41, 5.74) is 4.44. The Morgan fingerprint density at radius 1 is 1.24 bits per heavy atom. The molecule has 2 heterocycles. The Morgan fingerprint density at radius 2 is 2.07 bits per heavy atom. The predicted molar refractivity (Wildman–Crippen MR) is 111 cm³/mol. The average Bonchev–Trinajstić information content (AvgIpc) is 3.29. The first-order valence-electron chi connectivity index (χ1n) is 9.39. The second-order valence-corrected chi connectivity index (χ2v) is 8.36. The van der Waals surface area contributed by atoms with Crippen molar-refractivity contribution < 1.29 is 13.6 Å². The molecule has 29 heavy (non-hydrogen) atoms. The summed E-state index contributed by atoms with van der Waals surface area (Å²) in [5.74, 6) is -1.24. The van der Waals surface area contributed by atoms with Gasteiger partial charge in [-0.25, -0.2) is 13.8 Å². The van der Waals surface area contributed by atoms with Crippen molar-refractivity contribution in [3.8, 4) is 11.3 Å². The maximum absolute atomic E-state index is 13.9. The SMILES string of the molecule is Cc1nc(-c2ccc3c(c2)CCN3C(=O)CN(C)Cc2ccc(F)cc2F)cs1. The van der Waals surface area contributed by atoms with Crippen molar-refractivity contribution in [2.24, 2.45) is 0 Å². The maximum Gasteiger partial charge on any atom is 0.241 e. The van der Waals surface area contributed by atoms with Crippen LogP contribution in [0.3, 0.4) is 0 Å². The number of amides is 1. The fourth-order valence-corrected chi connectivity index (χ4v) is 4.25. The molecule has 0 atom stereocenters. The molecule has 1 aliphatic rings. The molecule has 0 spiro atoms. The second-order valence-electron chi connectivity index (χ2n) is 7.30. The molecule has 1 aliphatic heterocycles. The molecule has 7 heteroatoms. The van der Waals surface area contributed by atoms with Crippen LogP contribution in [0.15, 0.2) is 41.8 Å². The quantitative estimate of drug-likeness (QED) is 0.621. The van der Waals surface area contributed by atoms with Gasteiger partial charge >= 0.3 is 0 Å². The summed E-state index contributed by atoms with van der Waals surface area (Å²) in [6.07, 6.45) is 0.800. The third kappa shape index (κ3) is 4.21. The molecule has 1 amide bonds. The van der Waals surface area contributed by atoms with E-state index in [-0.39, 0.29) is 19.0 Å². The lowest BCUT2D eigenvalue weighted by Gasteiger charge is -2.22. The Hall–Kier alpha value is -2.64. The van der Waals surface area contributed by atoms with E-state index < -0.39 is 11.6 Å². The van der Waals surface area contributed by atoms with E-state index in [2.05, 4.69) is 11.1 Å². The molecule has 4 nitrogen and oxygen atoms in total. The number of carbonyl (C=O) groups excluding carboxylic acids is 1. The standard InChI is InChI=1S/C22H21F2N3OS/c1-14-25-20(13-29-14)15-4-6-21-16(9-15)7-8-27(21)22(28)12-26(2)11-17-3-5-18(23)10-19(17)24/h3-6,9-10,13H,7-8,11-12H2,1-2H3. The highest BCUT2D eigenvalue weighted by atomic mass is 32.1. The fraction of sp³-hybridized carbons (Fsp3) is 0.273. The van der Waals surface area contributed by atoms with Gasteiger partial charge in [0.1, 0.15) is 11.6 Å². The van der Waals surface area contributed by atoms with Gasteiger partial charge in [0.25, 0.3) is 0 Å². The van der Waals surface area contributed by atoms with Gasteiger partial charge in [0.05, 0.1) is 17.2 Å². The van der Waals surface area contributed by atoms with Crippen molar-refractivity contribution in [1.29, 1.82) is 0 Å². The largest absolute Gasteiger partial charge is 0.311 e. The molecule has 0 aliphatic carbocycles. The van der Waals surface area contributed by atoms with Crippen LogP contribution >= 0.6 is 11.3 Å². The van der Waals surface area contributed by atoms with Crippen molar-refractivity contribution in [2.75, 3.05) is 25.0 Å². The molecule has 0 saturated carbocycles. The number of likely N-dealkylation sites (N-methyl/N-ethyl adjacent to an activating group) is 1. The van der Waals surface area contributed by atoms with E-state index in [1.165, 1.54) is 12.1 Å². The number of fused-ring (bicyclic) bond motifs is 1. The van der Waals surface area contributed by atoms with Crippen LogP contribution in [0, 0.1) is 18.6 Å². The number of nitrogens with zero attached hydrogens (tertiary/aromatic N) is 3. The molecule has 150 valence electrons.